The summed E-state index contributed by atoms with van der Waals surface area (Å²) in [4.78, 5) is 13.2. The second-order valence-corrected chi connectivity index (χ2v) is 4.63. The minimum absolute atomic E-state index is 0.434. The summed E-state index contributed by atoms with van der Waals surface area (Å²) >= 11 is 0. The van der Waals surface area contributed by atoms with Gasteiger partial charge in [0, 0.05) is 20.6 Å². The molecule has 17 heavy (non-hydrogen) atoms. The van der Waals surface area contributed by atoms with Crippen LogP contribution in [0.5, 0.6) is 0 Å². The van der Waals surface area contributed by atoms with Crippen molar-refractivity contribution in [3.05, 3.63) is 34.4 Å². The van der Waals surface area contributed by atoms with Crippen LogP contribution in [0.4, 0.5) is 6.01 Å². The lowest BCUT2D eigenvalue weighted by molar-refractivity contribution is -0.406. The average molecular weight is 281 g/mol. The van der Waals surface area contributed by atoms with Crippen LogP contribution in [0.15, 0.2) is 28.7 Å². The molecule has 2 aromatic rings. The van der Waals surface area contributed by atoms with Crippen LogP contribution in [0.2, 0.25) is 0 Å². The predicted molar refractivity (Wildman–Crippen MR) is 58.1 cm³/mol. The van der Waals surface area contributed by atoms with Crippen molar-refractivity contribution in [2.24, 2.45) is 0 Å². The molecule has 92 valence electrons. The molecular weight excluding hydrogens is 276 g/mol. The number of nitrogens with zero attached hydrogens (tertiary/aromatic N) is 2. The first kappa shape index (κ1) is 13.4. The first-order valence-corrected chi connectivity index (χ1v) is 6.21. The summed E-state index contributed by atoms with van der Waals surface area (Å²) in [6.45, 7) is 0. The topological polar surface area (TPSA) is 124 Å². The lowest BCUT2D eigenvalue weighted by Crippen LogP contribution is -1.85. The Balaban J connectivity index is 0.000000249. The average Bonchev–Trinajstić information content (AvgIpc) is 2.58. The van der Waals surface area contributed by atoms with Gasteiger partial charge in [0.15, 0.2) is 5.58 Å². The molecule has 0 bridgehead atoms. The number of halogens is 1. The second-order valence-electron chi connectivity index (χ2n) is 2.63. The summed E-state index contributed by atoms with van der Waals surface area (Å²) in [7, 11) is -0.137. The lowest BCUT2D eigenvalue weighted by Gasteiger charge is -1.80. The van der Waals surface area contributed by atoms with Crippen LogP contribution < -0.4 is 0 Å². The molecule has 0 radical (unpaired) electrons. The number of hydrogen-bond acceptors (Lipinski definition) is 6. The number of nitro groups is 1. The summed E-state index contributed by atoms with van der Waals surface area (Å²) in [6.07, 6.45) is 0. The molecule has 2 rings (SSSR count). The Labute approximate surface area is 99.2 Å². The number of fused-ring (bicyclic) bond motifs is 1. The summed E-state index contributed by atoms with van der Waals surface area (Å²) in [6, 6.07) is 6.31. The van der Waals surface area contributed by atoms with Crippen molar-refractivity contribution >= 4 is 37.1 Å². The van der Waals surface area contributed by atoms with Gasteiger partial charge in [0.25, 0.3) is 0 Å². The zero-order chi connectivity index (χ0) is 13.1. The second kappa shape index (κ2) is 5.08. The van der Waals surface area contributed by atoms with Crippen LogP contribution in [0.3, 0.4) is 0 Å². The highest BCUT2D eigenvalue weighted by molar-refractivity contribution is 8.09. The summed E-state index contributed by atoms with van der Waals surface area (Å²) in [5, 5.41) is 10.2. The fourth-order valence-electron chi connectivity index (χ4n) is 0.938. The molecule has 0 amide bonds. The molecule has 0 saturated heterocycles. The maximum atomic E-state index is 10.2. The highest BCUT2D eigenvalue weighted by Gasteiger charge is 2.15. The molecule has 1 aromatic heterocycles. The predicted octanol–water partition coefficient (Wildman–Crippen LogP) is 1.76. The smallest absolute Gasteiger partial charge is 0.381 e. The van der Waals surface area contributed by atoms with Crippen LogP contribution >= 0.6 is 10.7 Å². The van der Waals surface area contributed by atoms with Crippen molar-refractivity contribution in [3.63, 3.8) is 0 Å². The van der Waals surface area contributed by atoms with E-state index < -0.39 is 20.3 Å². The number of para-hydroxylation sites is 2. The molecule has 8 nitrogen and oxygen atoms in total. The molecule has 0 spiro atoms. The molecule has 0 unspecified atom stereocenters. The number of hydrogen-bond donors (Lipinski definition) is 1. The van der Waals surface area contributed by atoms with E-state index in [9.17, 15) is 10.1 Å². The van der Waals surface area contributed by atoms with Crippen LogP contribution in [0.25, 0.3) is 11.1 Å². The number of benzene rings is 1. The van der Waals surface area contributed by atoms with Crippen molar-refractivity contribution in [1.82, 2.24) is 4.98 Å². The van der Waals surface area contributed by atoms with Gasteiger partial charge < -0.3 is 14.5 Å². The van der Waals surface area contributed by atoms with Gasteiger partial charge in [-0.05, 0) is 12.1 Å². The van der Waals surface area contributed by atoms with Gasteiger partial charge in [0.2, 0.25) is 5.52 Å². The lowest BCUT2D eigenvalue weighted by atomic mass is 10.3. The van der Waals surface area contributed by atoms with Crippen molar-refractivity contribution in [3.8, 4) is 0 Å². The Morgan fingerprint density at radius 1 is 1.41 bits per heavy atom. The number of oxazole rings is 1. The molecule has 1 heterocycles. The zero-order valence-electron chi connectivity index (χ0n) is 7.98. The Bertz CT molecular complexity index is 596. The summed E-state index contributed by atoms with van der Waals surface area (Å²) < 4.78 is 30.0. The zero-order valence-corrected chi connectivity index (χ0v) is 9.55. The highest BCUT2D eigenvalue weighted by Crippen LogP contribution is 2.18. The maximum Gasteiger partial charge on any atom is 0.546 e. The molecule has 0 aliphatic rings. The largest absolute Gasteiger partial charge is 0.546 e. The minimum atomic E-state index is -4.19. The molecule has 1 aromatic carbocycles. The fraction of sp³-hybridized carbons (Fsp3) is 0. The Hall–Kier alpha value is -1.71. The summed E-state index contributed by atoms with van der Waals surface area (Å²) in [5.74, 6) is 0. The van der Waals surface area contributed by atoms with Gasteiger partial charge in [0.05, 0.1) is 0 Å². The van der Waals surface area contributed by atoms with E-state index in [1.54, 1.807) is 24.3 Å². The van der Waals surface area contributed by atoms with Crippen LogP contribution in [0, 0.1) is 10.1 Å². The number of aromatic nitrogens is 1. The highest BCUT2D eigenvalue weighted by atomic mass is 35.7. The van der Waals surface area contributed by atoms with Crippen LogP contribution in [-0.4, -0.2) is 22.9 Å². The van der Waals surface area contributed by atoms with Crippen molar-refractivity contribution < 1.29 is 22.3 Å². The normalized spacial score (nSPS) is 10.7. The third-order valence-electron chi connectivity index (χ3n) is 1.44. The molecule has 0 atom stereocenters. The third kappa shape index (κ3) is 4.76. The van der Waals surface area contributed by atoms with E-state index in [1.165, 1.54) is 0 Å². The molecule has 0 fully saturated rings. The van der Waals surface area contributed by atoms with E-state index >= 15 is 0 Å². The first-order chi connectivity index (χ1) is 7.77. The SMILES string of the molecule is O=S(=O)(O)Cl.O=[N+]([O-])c1nc2ccccc2o1. The molecule has 0 saturated carbocycles. The Morgan fingerprint density at radius 3 is 2.41 bits per heavy atom. The molecule has 0 aliphatic carbocycles. The van der Waals surface area contributed by atoms with Crippen molar-refractivity contribution in [2.45, 2.75) is 0 Å². The Kier molecular flexibility index (Phi) is 3.99. The van der Waals surface area contributed by atoms with E-state index in [1.807, 2.05) is 0 Å². The third-order valence-corrected chi connectivity index (χ3v) is 1.44. The summed E-state index contributed by atoms with van der Waals surface area (Å²) in [5.41, 5.74) is 0.938. The number of rotatable bonds is 1. The standard InChI is InChI=1S/C7H4N2O3.ClHO3S/c10-9(11)7-8-5-3-1-2-4-6(5)12-7;1-5(2,3)4/h1-4H;(H,2,3,4). The van der Waals surface area contributed by atoms with Gasteiger partial charge >= 0.3 is 15.3 Å². The van der Waals surface area contributed by atoms with Crippen LogP contribution in [-0.2, 0) is 9.33 Å². The van der Waals surface area contributed by atoms with Crippen LogP contribution in [0.1, 0.15) is 0 Å². The molecule has 0 aliphatic heterocycles. The van der Waals surface area contributed by atoms with Gasteiger partial charge in [-0.25, -0.2) is 0 Å². The van der Waals surface area contributed by atoms with E-state index in [-0.39, 0.29) is 0 Å². The molecular formula is C7H5ClN2O6S. The van der Waals surface area contributed by atoms with Gasteiger partial charge in [-0.2, -0.15) is 8.42 Å². The fourth-order valence-corrected chi connectivity index (χ4v) is 0.938. The maximum absolute atomic E-state index is 10.2. The molecule has 10 heteroatoms. The van der Waals surface area contributed by atoms with E-state index in [0.717, 1.165) is 0 Å². The first-order valence-electron chi connectivity index (χ1n) is 3.94. The van der Waals surface area contributed by atoms with Gasteiger partial charge in [-0.1, -0.05) is 12.1 Å². The molecule has 1 N–H and O–H groups in total. The Morgan fingerprint density at radius 2 is 1.94 bits per heavy atom. The van der Waals surface area contributed by atoms with Gasteiger partial charge in [-0.3, -0.25) is 4.55 Å². The van der Waals surface area contributed by atoms with Crippen molar-refractivity contribution in [1.29, 1.82) is 0 Å². The van der Waals surface area contributed by atoms with E-state index in [4.69, 9.17) is 17.4 Å². The van der Waals surface area contributed by atoms with Crippen molar-refractivity contribution in [2.75, 3.05) is 0 Å². The van der Waals surface area contributed by atoms with E-state index in [2.05, 4.69) is 15.7 Å². The van der Waals surface area contributed by atoms with Gasteiger partial charge in [0.1, 0.15) is 0 Å². The van der Waals surface area contributed by atoms with Gasteiger partial charge in [-0.15, -0.1) is 0 Å². The quantitative estimate of drug-likeness (QED) is 0.365. The minimum Gasteiger partial charge on any atom is -0.381 e. The van der Waals surface area contributed by atoms with E-state index in [0.29, 0.717) is 11.1 Å². The monoisotopic (exact) mass is 280 g/mol.